The zero-order chi connectivity index (χ0) is 12.6. The molecule has 0 aromatic carbocycles. The predicted octanol–water partition coefficient (Wildman–Crippen LogP) is 2.74. The van der Waals surface area contributed by atoms with E-state index in [2.05, 4.69) is 5.10 Å². The van der Waals surface area contributed by atoms with Crippen LogP contribution in [0.25, 0.3) is 10.4 Å². The second-order valence-electron chi connectivity index (χ2n) is 4.47. The zero-order valence-corrected chi connectivity index (χ0v) is 10.8. The van der Waals surface area contributed by atoms with Gasteiger partial charge in [0.15, 0.2) is 5.54 Å². The quantitative estimate of drug-likeness (QED) is 0.911. The number of thiophene rings is 1. The first-order valence-corrected chi connectivity index (χ1v) is 6.14. The Morgan fingerprint density at radius 2 is 2.24 bits per heavy atom. The van der Waals surface area contributed by atoms with Crippen LogP contribution in [0.15, 0.2) is 23.8 Å². The number of carbonyl (C=O) groups is 1. The number of nitrogens with zero attached hydrogens (tertiary/aromatic N) is 2. The minimum absolute atomic E-state index is 0.893. The van der Waals surface area contributed by atoms with Crippen molar-refractivity contribution in [2.24, 2.45) is 0 Å². The number of carboxylic acid groups (broad SMARTS) is 1. The minimum Gasteiger partial charge on any atom is -0.479 e. The highest BCUT2D eigenvalue weighted by molar-refractivity contribution is 7.13. The topological polar surface area (TPSA) is 55.1 Å². The number of aromatic nitrogens is 2. The van der Waals surface area contributed by atoms with Crippen LogP contribution in [-0.2, 0) is 10.3 Å². The van der Waals surface area contributed by atoms with Gasteiger partial charge < -0.3 is 5.11 Å². The van der Waals surface area contributed by atoms with Crippen LogP contribution in [-0.4, -0.2) is 20.9 Å². The summed E-state index contributed by atoms with van der Waals surface area (Å²) in [6, 6.07) is 2.04. The summed E-state index contributed by atoms with van der Waals surface area (Å²) in [6.45, 7) is 5.30. The van der Waals surface area contributed by atoms with Crippen molar-refractivity contribution >= 4 is 17.3 Å². The molecule has 2 heterocycles. The second-order valence-corrected chi connectivity index (χ2v) is 5.39. The standard InChI is InChI=1S/C12H14N2O2S/c1-8-4-5-17-10(8)9-6-13-14(7-9)12(2,3)11(15)16/h4-7H,1-3H3,(H,15,16). The normalized spacial score (nSPS) is 11.7. The van der Waals surface area contributed by atoms with E-state index in [9.17, 15) is 4.79 Å². The maximum absolute atomic E-state index is 11.1. The van der Waals surface area contributed by atoms with E-state index in [1.165, 1.54) is 10.2 Å². The molecule has 5 heteroatoms. The molecule has 0 atom stereocenters. The lowest BCUT2D eigenvalue weighted by Crippen LogP contribution is -2.35. The van der Waals surface area contributed by atoms with Gasteiger partial charge in [0, 0.05) is 16.6 Å². The van der Waals surface area contributed by atoms with Crippen LogP contribution < -0.4 is 0 Å². The fourth-order valence-electron chi connectivity index (χ4n) is 1.51. The molecule has 0 saturated heterocycles. The molecular formula is C12H14N2O2S. The molecule has 0 saturated carbocycles. The Bertz CT molecular complexity index is 554. The van der Waals surface area contributed by atoms with Crippen molar-refractivity contribution in [3.8, 4) is 10.4 Å². The Kier molecular flexibility index (Phi) is 2.79. The molecule has 2 aromatic heterocycles. The minimum atomic E-state index is -1.02. The summed E-state index contributed by atoms with van der Waals surface area (Å²) in [7, 11) is 0. The first kappa shape index (κ1) is 11.9. The lowest BCUT2D eigenvalue weighted by molar-refractivity contribution is -0.146. The van der Waals surface area contributed by atoms with Gasteiger partial charge in [-0.15, -0.1) is 11.3 Å². The molecule has 0 aliphatic heterocycles. The van der Waals surface area contributed by atoms with Crippen molar-refractivity contribution < 1.29 is 9.90 Å². The average molecular weight is 250 g/mol. The number of aryl methyl sites for hydroxylation is 1. The Balaban J connectivity index is 2.41. The molecule has 0 spiro atoms. The average Bonchev–Trinajstić information content (AvgIpc) is 2.85. The molecule has 2 aromatic rings. The van der Waals surface area contributed by atoms with Crippen LogP contribution >= 0.6 is 11.3 Å². The third kappa shape index (κ3) is 1.98. The van der Waals surface area contributed by atoms with E-state index < -0.39 is 11.5 Å². The van der Waals surface area contributed by atoms with E-state index in [4.69, 9.17) is 5.11 Å². The molecule has 0 amide bonds. The van der Waals surface area contributed by atoms with Gasteiger partial charge in [0.1, 0.15) is 0 Å². The summed E-state index contributed by atoms with van der Waals surface area (Å²) in [6.07, 6.45) is 3.50. The van der Waals surface area contributed by atoms with Crippen molar-refractivity contribution in [2.45, 2.75) is 26.3 Å². The molecule has 1 N–H and O–H groups in total. The molecule has 17 heavy (non-hydrogen) atoms. The van der Waals surface area contributed by atoms with Gasteiger partial charge in [0.2, 0.25) is 0 Å². The largest absolute Gasteiger partial charge is 0.479 e. The summed E-state index contributed by atoms with van der Waals surface area (Å²) in [4.78, 5) is 12.3. The van der Waals surface area contributed by atoms with Gasteiger partial charge in [-0.2, -0.15) is 5.10 Å². The van der Waals surface area contributed by atoms with Crippen LogP contribution in [0.3, 0.4) is 0 Å². The first-order chi connectivity index (χ1) is 7.93. The highest BCUT2D eigenvalue weighted by Gasteiger charge is 2.30. The monoisotopic (exact) mass is 250 g/mol. The highest BCUT2D eigenvalue weighted by atomic mass is 32.1. The smallest absolute Gasteiger partial charge is 0.331 e. The molecule has 0 fully saturated rings. The van der Waals surface area contributed by atoms with E-state index in [0.29, 0.717) is 0 Å². The van der Waals surface area contributed by atoms with Crippen LogP contribution in [0.5, 0.6) is 0 Å². The second kappa shape index (κ2) is 4.00. The molecule has 0 unspecified atom stereocenters. The number of aliphatic carboxylic acids is 1. The first-order valence-electron chi connectivity index (χ1n) is 5.26. The summed E-state index contributed by atoms with van der Waals surface area (Å²) >= 11 is 1.63. The van der Waals surface area contributed by atoms with Gasteiger partial charge in [-0.3, -0.25) is 4.68 Å². The Hall–Kier alpha value is -1.62. The van der Waals surface area contributed by atoms with Gasteiger partial charge in [0.25, 0.3) is 0 Å². The molecule has 0 bridgehead atoms. The number of hydrogen-bond acceptors (Lipinski definition) is 3. The SMILES string of the molecule is Cc1ccsc1-c1cnn(C(C)(C)C(=O)O)c1. The van der Waals surface area contributed by atoms with E-state index in [0.717, 1.165) is 10.4 Å². The lowest BCUT2D eigenvalue weighted by atomic mass is 10.1. The van der Waals surface area contributed by atoms with Crippen LogP contribution in [0.4, 0.5) is 0 Å². The van der Waals surface area contributed by atoms with Gasteiger partial charge in [0.05, 0.1) is 6.20 Å². The third-order valence-electron chi connectivity index (χ3n) is 2.80. The van der Waals surface area contributed by atoms with E-state index in [1.54, 1.807) is 37.6 Å². The molecule has 2 rings (SSSR count). The van der Waals surface area contributed by atoms with Gasteiger partial charge in [-0.05, 0) is 37.8 Å². The van der Waals surface area contributed by atoms with Gasteiger partial charge >= 0.3 is 5.97 Å². The van der Waals surface area contributed by atoms with E-state index in [1.807, 2.05) is 18.4 Å². The van der Waals surface area contributed by atoms with E-state index >= 15 is 0 Å². The van der Waals surface area contributed by atoms with Crippen LogP contribution in [0.1, 0.15) is 19.4 Å². The maximum atomic E-state index is 11.1. The van der Waals surface area contributed by atoms with Crippen molar-refractivity contribution in [3.63, 3.8) is 0 Å². The van der Waals surface area contributed by atoms with Crippen molar-refractivity contribution in [1.29, 1.82) is 0 Å². The third-order valence-corrected chi connectivity index (χ3v) is 3.87. The maximum Gasteiger partial charge on any atom is 0.331 e. The fourth-order valence-corrected chi connectivity index (χ4v) is 2.42. The molecule has 0 radical (unpaired) electrons. The lowest BCUT2D eigenvalue weighted by Gasteiger charge is -2.19. The highest BCUT2D eigenvalue weighted by Crippen LogP contribution is 2.29. The Morgan fingerprint density at radius 3 is 2.76 bits per heavy atom. The fraction of sp³-hybridized carbons (Fsp3) is 0.333. The summed E-state index contributed by atoms with van der Waals surface area (Å²) in [5.74, 6) is -0.893. The predicted molar refractivity (Wildman–Crippen MR) is 67.2 cm³/mol. The van der Waals surface area contributed by atoms with Crippen LogP contribution in [0, 0.1) is 6.92 Å². The number of carboxylic acids is 1. The van der Waals surface area contributed by atoms with E-state index in [-0.39, 0.29) is 0 Å². The number of hydrogen-bond donors (Lipinski definition) is 1. The molecular weight excluding hydrogens is 236 g/mol. The van der Waals surface area contributed by atoms with Crippen molar-refractivity contribution in [2.75, 3.05) is 0 Å². The molecule has 0 aliphatic carbocycles. The summed E-state index contributed by atoms with van der Waals surface area (Å²) in [5, 5.41) is 15.3. The molecule has 4 nitrogen and oxygen atoms in total. The Labute approximate surface area is 104 Å². The summed E-state index contributed by atoms with van der Waals surface area (Å²) < 4.78 is 1.49. The van der Waals surface area contributed by atoms with Crippen molar-refractivity contribution in [3.05, 3.63) is 29.4 Å². The molecule has 0 aliphatic rings. The zero-order valence-electron chi connectivity index (χ0n) is 9.97. The Morgan fingerprint density at radius 1 is 1.53 bits per heavy atom. The van der Waals surface area contributed by atoms with Gasteiger partial charge in [-0.1, -0.05) is 0 Å². The van der Waals surface area contributed by atoms with Crippen molar-refractivity contribution in [1.82, 2.24) is 9.78 Å². The number of rotatable bonds is 3. The van der Waals surface area contributed by atoms with Crippen LogP contribution in [0.2, 0.25) is 0 Å². The molecule has 90 valence electrons. The van der Waals surface area contributed by atoms with Gasteiger partial charge in [-0.25, -0.2) is 4.79 Å². The summed E-state index contributed by atoms with van der Waals surface area (Å²) in [5.41, 5.74) is 1.12.